The summed E-state index contributed by atoms with van der Waals surface area (Å²) in [5.41, 5.74) is 2.52. The molecule has 4 aromatic rings. The number of rotatable bonds is 14. The van der Waals surface area contributed by atoms with Gasteiger partial charge < -0.3 is 28.4 Å². The molecule has 5 rings (SSSR count). The first-order valence-electron chi connectivity index (χ1n) is 16.1. The zero-order chi connectivity index (χ0) is 36.7. The van der Waals surface area contributed by atoms with Crippen molar-refractivity contribution < 1.29 is 38.0 Å². The maximum absolute atomic E-state index is 14.3. The first kappa shape index (κ1) is 37.8. The number of carbonyl (C=O) groups is 2. The highest BCUT2D eigenvalue weighted by Crippen LogP contribution is 2.39. The van der Waals surface area contributed by atoms with Crippen LogP contribution in [0.1, 0.15) is 50.4 Å². The van der Waals surface area contributed by atoms with Crippen LogP contribution >= 0.6 is 43.2 Å². The van der Waals surface area contributed by atoms with Gasteiger partial charge in [-0.2, -0.15) is 0 Å². The van der Waals surface area contributed by atoms with Gasteiger partial charge in [0.15, 0.2) is 34.4 Å². The highest BCUT2D eigenvalue weighted by molar-refractivity contribution is 9.10. The molecular weight excluding hydrogens is 808 g/mol. The number of ether oxygens (including phenoxy) is 6. The van der Waals surface area contributed by atoms with E-state index in [9.17, 15) is 14.4 Å². The van der Waals surface area contributed by atoms with Crippen LogP contribution in [0, 0.1) is 0 Å². The molecule has 0 aliphatic carbocycles. The van der Waals surface area contributed by atoms with Crippen LogP contribution in [0.25, 0.3) is 6.08 Å². The Morgan fingerprint density at radius 3 is 2.31 bits per heavy atom. The van der Waals surface area contributed by atoms with Gasteiger partial charge in [0.1, 0.15) is 6.61 Å². The van der Waals surface area contributed by atoms with Gasteiger partial charge >= 0.3 is 11.9 Å². The lowest BCUT2D eigenvalue weighted by Gasteiger charge is -2.25. The lowest BCUT2D eigenvalue weighted by Crippen LogP contribution is -2.40. The number of thiazole rings is 1. The molecule has 0 fully saturated rings. The van der Waals surface area contributed by atoms with Gasteiger partial charge in [-0.1, -0.05) is 45.5 Å². The molecule has 2 heterocycles. The van der Waals surface area contributed by atoms with Crippen LogP contribution in [0.2, 0.25) is 0 Å². The summed E-state index contributed by atoms with van der Waals surface area (Å²) in [6.45, 7) is 7.97. The highest BCUT2D eigenvalue weighted by atomic mass is 79.9. The molecule has 14 heteroatoms. The average molecular weight is 845 g/mol. The fourth-order valence-electron chi connectivity index (χ4n) is 5.35. The summed E-state index contributed by atoms with van der Waals surface area (Å²) < 4.78 is 37.3. The van der Waals surface area contributed by atoms with Crippen LogP contribution in [0.3, 0.4) is 0 Å². The van der Waals surface area contributed by atoms with Crippen LogP contribution in [0.15, 0.2) is 84.6 Å². The van der Waals surface area contributed by atoms with Crippen molar-refractivity contribution in [2.75, 3.05) is 33.5 Å². The number of hydrogen-bond acceptors (Lipinski definition) is 11. The summed E-state index contributed by atoms with van der Waals surface area (Å²) in [6, 6.07) is 15.7. The van der Waals surface area contributed by atoms with Gasteiger partial charge in [0.2, 0.25) is 0 Å². The van der Waals surface area contributed by atoms with E-state index in [0.29, 0.717) is 73.4 Å². The quantitative estimate of drug-likeness (QED) is 0.136. The van der Waals surface area contributed by atoms with Crippen LogP contribution in [-0.4, -0.2) is 50.0 Å². The number of benzene rings is 3. The fourth-order valence-corrected chi connectivity index (χ4v) is 7.23. The highest BCUT2D eigenvalue weighted by Gasteiger charge is 2.34. The normalized spacial score (nSPS) is 14.0. The lowest BCUT2D eigenvalue weighted by molar-refractivity contribution is -0.143. The minimum atomic E-state index is -0.892. The van der Waals surface area contributed by atoms with Crippen LogP contribution in [0.4, 0.5) is 0 Å². The molecule has 51 heavy (non-hydrogen) atoms. The third-order valence-corrected chi connectivity index (χ3v) is 9.70. The van der Waals surface area contributed by atoms with Crippen molar-refractivity contribution in [2.45, 2.75) is 40.3 Å². The van der Waals surface area contributed by atoms with E-state index in [-0.39, 0.29) is 24.3 Å². The summed E-state index contributed by atoms with van der Waals surface area (Å²) >= 11 is 8.29. The molecule has 268 valence electrons. The molecule has 0 bridgehead atoms. The molecular formula is C37H36Br2N2O9S. The number of halogens is 2. The maximum Gasteiger partial charge on any atom is 0.343 e. The second-order valence-electron chi connectivity index (χ2n) is 11.0. The van der Waals surface area contributed by atoms with E-state index in [1.807, 2.05) is 50.2 Å². The minimum absolute atomic E-state index is 0.136. The minimum Gasteiger partial charge on any atom is -0.490 e. The number of carbonyl (C=O) groups excluding carboxylic acids is 2. The van der Waals surface area contributed by atoms with Crippen molar-refractivity contribution in [2.24, 2.45) is 4.99 Å². The Morgan fingerprint density at radius 1 is 0.902 bits per heavy atom. The van der Waals surface area contributed by atoms with Gasteiger partial charge in [0.25, 0.3) is 5.56 Å². The molecule has 1 aromatic heterocycles. The molecule has 3 aromatic carbocycles. The molecule has 0 spiro atoms. The largest absolute Gasteiger partial charge is 0.490 e. The Morgan fingerprint density at radius 2 is 1.63 bits per heavy atom. The summed E-state index contributed by atoms with van der Waals surface area (Å²) in [7, 11) is 1.27. The molecule has 0 saturated carbocycles. The monoisotopic (exact) mass is 842 g/mol. The lowest BCUT2D eigenvalue weighted by atomic mass is 9.95. The first-order chi connectivity index (χ1) is 24.6. The number of methoxy groups -OCH3 is 1. The number of allylic oxidation sites excluding steroid dienone is 1. The molecule has 0 amide bonds. The summed E-state index contributed by atoms with van der Waals surface area (Å²) in [5.74, 6) is 0.536. The Labute approximate surface area is 315 Å². The van der Waals surface area contributed by atoms with Crippen molar-refractivity contribution in [1.82, 2.24) is 4.57 Å². The Kier molecular flexibility index (Phi) is 12.8. The van der Waals surface area contributed by atoms with E-state index in [1.165, 1.54) is 23.0 Å². The molecule has 0 radical (unpaired) electrons. The van der Waals surface area contributed by atoms with Crippen molar-refractivity contribution >= 4 is 61.2 Å². The maximum atomic E-state index is 14.3. The van der Waals surface area contributed by atoms with Gasteiger partial charge in [-0.3, -0.25) is 9.36 Å². The average Bonchev–Trinajstić information content (AvgIpc) is 3.41. The van der Waals surface area contributed by atoms with Gasteiger partial charge in [-0.15, -0.1) is 0 Å². The van der Waals surface area contributed by atoms with Crippen LogP contribution in [0.5, 0.6) is 23.0 Å². The number of esters is 2. The van der Waals surface area contributed by atoms with Crippen LogP contribution in [-0.2, 0) is 25.7 Å². The Hall–Kier alpha value is -4.40. The predicted molar refractivity (Wildman–Crippen MR) is 199 cm³/mol. The number of hydrogen-bond donors (Lipinski definition) is 0. The zero-order valence-corrected chi connectivity index (χ0v) is 32.6. The standard InChI is InChI=1S/C37H36Br2N2O9S/c1-6-46-28-18-24(11-14-27(28)49-20-31(42)45-5)33-32(36(44)48-8-3)21(4)40-37-41(33)35(43)30(51-37)17-23-15-26(39)34(29(16-23)47-7-2)50-19-22-9-12-25(38)13-10-22/h9-18,33H,6-8,19-20H2,1-5H3/b30-17-/t33-/m1/s1. The molecule has 1 aliphatic rings. The molecule has 0 N–H and O–H groups in total. The van der Waals surface area contributed by atoms with E-state index in [2.05, 4.69) is 36.9 Å². The smallest absolute Gasteiger partial charge is 0.343 e. The predicted octanol–water partition coefficient (Wildman–Crippen LogP) is 6.25. The van der Waals surface area contributed by atoms with Gasteiger partial charge in [0.05, 0.1) is 53.2 Å². The fraction of sp³-hybridized carbons (Fsp3) is 0.297. The first-order valence-corrected chi connectivity index (χ1v) is 18.5. The molecule has 0 saturated heterocycles. The van der Waals surface area contributed by atoms with E-state index in [0.717, 1.165) is 10.0 Å². The molecule has 0 unspecified atom stereocenters. The van der Waals surface area contributed by atoms with Crippen molar-refractivity contribution in [1.29, 1.82) is 0 Å². The number of fused-ring (bicyclic) bond motifs is 1. The number of nitrogens with zero attached hydrogens (tertiary/aromatic N) is 2. The molecule has 11 nitrogen and oxygen atoms in total. The van der Waals surface area contributed by atoms with E-state index >= 15 is 0 Å². The zero-order valence-electron chi connectivity index (χ0n) is 28.6. The van der Waals surface area contributed by atoms with Gasteiger partial charge in [0, 0.05) is 4.47 Å². The van der Waals surface area contributed by atoms with Gasteiger partial charge in [-0.25, -0.2) is 14.6 Å². The van der Waals surface area contributed by atoms with E-state index in [1.54, 1.807) is 38.1 Å². The van der Waals surface area contributed by atoms with E-state index < -0.39 is 18.0 Å². The van der Waals surface area contributed by atoms with E-state index in [4.69, 9.17) is 28.4 Å². The third kappa shape index (κ3) is 8.74. The van der Waals surface area contributed by atoms with Crippen molar-refractivity contribution in [3.8, 4) is 23.0 Å². The second-order valence-corrected chi connectivity index (χ2v) is 13.8. The third-order valence-electron chi connectivity index (χ3n) is 7.60. The molecule has 1 atom stereocenters. The number of aromatic nitrogens is 1. The topological polar surface area (TPSA) is 124 Å². The summed E-state index contributed by atoms with van der Waals surface area (Å²) in [6.07, 6.45) is 1.76. The van der Waals surface area contributed by atoms with Crippen LogP contribution < -0.4 is 33.8 Å². The second kappa shape index (κ2) is 17.2. The Balaban J connectivity index is 1.59. The summed E-state index contributed by atoms with van der Waals surface area (Å²) in [4.78, 5) is 44.6. The SMILES string of the molecule is CCOC(=O)C1=C(C)N=c2s/c(=C\c3cc(Br)c(OCc4ccc(Br)cc4)c(OCC)c3)c(=O)n2[C@@H]1c1ccc(OCC(=O)OC)c(OCC)c1. The summed E-state index contributed by atoms with van der Waals surface area (Å²) in [5, 5.41) is 0. The molecule has 1 aliphatic heterocycles. The van der Waals surface area contributed by atoms with Crippen molar-refractivity contribution in [3.63, 3.8) is 0 Å². The Bertz CT molecular complexity index is 2140. The van der Waals surface area contributed by atoms with Gasteiger partial charge in [-0.05, 0) is 103 Å². The van der Waals surface area contributed by atoms with Crippen molar-refractivity contribution in [3.05, 3.63) is 111 Å².